The Kier molecular flexibility index (Phi) is 4.84. The fourth-order valence-electron chi connectivity index (χ4n) is 0.602. The Morgan fingerprint density at radius 2 is 2.00 bits per heavy atom. The van der Waals surface area contributed by atoms with Gasteiger partial charge in [-0.15, -0.1) is 0 Å². The van der Waals surface area contributed by atoms with E-state index in [-0.39, 0.29) is 18.3 Å². The van der Waals surface area contributed by atoms with Crippen molar-refractivity contribution < 1.29 is 22.5 Å². The van der Waals surface area contributed by atoms with E-state index in [4.69, 9.17) is 4.55 Å². The maximum Gasteiger partial charge on any atom is 0.302 e. The summed E-state index contributed by atoms with van der Waals surface area (Å²) in [6, 6.07) is 0. The van der Waals surface area contributed by atoms with Crippen LogP contribution in [0.3, 0.4) is 0 Å². The first-order valence-electron chi connectivity index (χ1n) is 3.50. The zero-order valence-corrected chi connectivity index (χ0v) is 7.63. The van der Waals surface area contributed by atoms with Crippen LogP contribution in [0, 0.1) is 0 Å². The molecule has 0 amide bonds. The molecule has 0 radical (unpaired) electrons. The van der Waals surface area contributed by atoms with Gasteiger partial charge in [-0.1, -0.05) is 0 Å². The number of carbonyl (C=O) groups is 1. The highest BCUT2D eigenvalue weighted by molar-refractivity contribution is 7.85. The molecule has 0 saturated carbocycles. The van der Waals surface area contributed by atoms with Gasteiger partial charge in [0.2, 0.25) is 0 Å². The van der Waals surface area contributed by atoms with Crippen molar-refractivity contribution in [1.82, 2.24) is 0 Å². The fraction of sp³-hybridized carbons (Fsp3) is 0.833. The lowest BCUT2D eigenvalue weighted by atomic mass is 10.4. The lowest BCUT2D eigenvalue weighted by Gasteiger charge is -1.99. The van der Waals surface area contributed by atoms with Gasteiger partial charge in [-0.05, 0) is 12.8 Å². The molecular weight excluding hydrogens is 184 g/mol. The lowest BCUT2D eigenvalue weighted by molar-refractivity contribution is -0.141. The molecule has 0 bridgehead atoms. The number of carbonyl (C=O) groups excluding carboxylic acids is 1. The quantitative estimate of drug-likeness (QED) is 0.386. The summed E-state index contributed by atoms with van der Waals surface area (Å²) in [4.78, 5) is 10.2. The lowest BCUT2D eigenvalue weighted by Crippen LogP contribution is -2.06. The summed E-state index contributed by atoms with van der Waals surface area (Å²) in [7, 11) is -3.87. The first kappa shape index (κ1) is 11.4. The second-order valence-electron chi connectivity index (χ2n) is 2.33. The maximum absolute atomic E-state index is 10.2. The van der Waals surface area contributed by atoms with Crippen molar-refractivity contribution in [2.24, 2.45) is 0 Å². The molecule has 0 aliphatic rings. The van der Waals surface area contributed by atoms with Crippen molar-refractivity contribution >= 4 is 16.1 Å². The van der Waals surface area contributed by atoms with Gasteiger partial charge >= 0.3 is 5.97 Å². The van der Waals surface area contributed by atoms with Crippen LogP contribution >= 0.6 is 0 Å². The van der Waals surface area contributed by atoms with E-state index in [1.165, 1.54) is 6.92 Å². The Hall–Kier alpha value is -0.620. The Balaban J connectivity index is 3.29. The molecule has 1 N–H and O–H groups in total. The average molecular weight is 196 g/mol. The maximum atomic E-state index is 10.2. The molecule has 0 aromatic carbocycles. The van der Waals surface area contributed by atoms with Crippen LogP contribution in [0.25, 0.3) is 0 Å². The Morgan fingerprint density at radius 1 is 1.42 bits per heavy atom. The van der Waals surface area contributed by atoms with Crippen LogP contribution in [0.2, 0.25) is 0 Å². The molecule has 0 spiro atoms. The number of hydrogen-bond acceptors (Lipinski definition) is 4. The van der Waals surface area contributed by atoms with Gasteiger partial charge in [0.25, 0.3) is 10.1 Å². The smallest absolute Gasteiger partial charge is 0.302 e. The van der Waals surface area contributed by atoms with Gasteiger partial charge in [0, 0.05) is 6.92 Å². The molecule has 6 heteroatoms. The van der Waals surface area contributed by atoms with E-state index in [2.05, 4.69) is 4.74 Å². The third-order valence-electron chi connectivity index (χ3n) is 1.10. The Labute approximate surface area is 71.5 Å². The Morgan fingerprint density at radius 3 is 2.42 bits per heavy atom. The van der Waals surface area contributed by atoms with Crippen LogP contribution < -0.4 is 0 Å². The predicted octanol–water partition coefficient (Wildman–Crippen LogP) is 0.217. The standard InChI is InChI=1S/C6H12O5S/c1-6(7)11-4-2-3-5-12(8,9)10/h2-5H2,1H3,(H,8,9,10). The van der Waals surface area contributed by atoms with Crippen LogP contribution in [-0.2, 0) is 19.6 Å². The number of rotatable bonds is 5. The zero-order valence-electron chi connectivity index (χ0n) is 6.82. The van der Waals surface area contributed by atoms with Crippen LogP contribution in [0.15, 0.2) is 0 Å². The van der Waals surface area contributed by atoms with E-state index < -0.39 is 10.1 Å². The SMILES string of the molecule is CC(=O)OCCCCS(=O)(=O)O. The zero-order chi connectivity index (χ0) is 9.61. The summed E-state index contributed by atoms with van der Waals surface area (Å²) in [5, 5.41) is 0. The van der Waals surface area contributed by atoms with Gasteiger partial charge in [0.1, 0.15) is 0 Å². The summed E-state index contributed by atoms with van der Waals surface area (Å²) in [6.45, 7) is 1.48. The number of unbranched alkanes of at least 4 members (excludes halogenated alkanes) is 1. The van der Waals surface area contributed by atoms with Gasteiger partial charge < -0.3 is 4.74 Å². The largest absolute Gasteiger partial charge is 0.466 e. The molecule has 72 valence electrons. The molecule has 0 unspecified atom stereocenters. The van der Waals surface area contributed by atoms with Crippen molar-refractivity contribution in [3.05, 3.63) is 0 Å². The van der Waals surface area contributed by atoms with Gasteiger partial charge in [-0.2, -0.15) is 8.42 Å². The van der Waals surface area contributed by atoms with Crippen molar-refractivity contribution in [1.29, 1.82) is 0 Å². The number of hydrogen-bond donors (Lipinski definition) is 1. The summed E-state index contributed by atoms with van der Waals surface area (Å²) in [5.41, 5.74) is 0. The average Bonchev–Trinajstić information content (AvgIpc) is 1.83. The normalized spacial score (nSPS) is 11.2. The van der Waals surface area contributed by atoms with Crippen molar-refractivity contribution in [3.8, 4) is 0 Å². The van der Waals surface area contributed by atoms with Crippen LogP contribution in [0.1, 0.15) is 19.8 Å². The van der Waals surface area contributed by atoms with E-state index in [0.29, 0.717) is 12.8 Å². The summed E-state index contributed by atoms with van der Waals surface area (Å²) in [6.07, 6.45) is 0.742. The molecule has 0 aromatic rings. The van der Waals surface area contributed by atoms with Gasteiger partial charge in [-0.3, -0.25) is 9.35 Å². The first-order valence-corrected chi connectivity index (χ1v) is 5.11. The minimum atomic E-state index is -3.87. The highest BCUT2D eigenvalue weighted by Crippen LogP contribution is 1.94. The van der Waals surface area contributed by atoms with Crippen LogP contribution in [0.4, 0.5) is 0 Å². The molecule has 12 heavy (non-hydrogen) atoms. The summed E-state index contributed by atoms with van der Waals surface area (Å²) < 4.78 is 33.2. The topological polar surface area (TPSA) is 80.7 Å². The Bertz CT molecular complexity index is 230. The van der Waals surface area contributed by atoms with E-state index in [1.807, 2.05) is 0 Å². The van der Waals surface area contributed by atoms with Gasteiger partial charge in [0.05, 0.1) is 12.4 Å². The predicted molar refractivity (Wildman–Crippen MR) is 42.3 cm³/mol. The number of esters is 1. The molecule has 0 heterocycles. The molecule has 0 aromatic heterocycles. The highest BCUT2D eigenvalue weighted by Gasteiger charge is 2.03. The number of ether oxygens (including phenoxy) is 1. The molecule has 5 nitrogen and oxygen atoms in total. The van der Waals surface area contributed by atoms with E-state index in [1.54, 1.807) is 0 Å². The van der Waals surface area contributed by atoms with Crippen LogP contribution in [-0.4, -0.2) is 31.3 Å². The third-order valence-corrected chi connectivity index (χ3v) is 1.91. The summed E-state index contributed by atoms with van der Waals surface area (Å²) >= 11 is 0. The van der Waals surface area contributed by atoms with Crippen molar-refractivity contribution in [2.45, 2.75) is 19.8 Å². The molecule has 0 atom stereocenters. The third kappa shape index (κ3) is 9.38. The molecule has 0 rings (SSSR count). The van der Waals surface area contributed by atoms with Gasteiger partial charge in [0.15, 0.2) is 0 Å². The summed E-state index contributed by atoms with van der Waals surface area (Å²) in [5.74, 6) is -0.671. The van der Waals surface area contributed by atoms with E-state index in [9.17, 15) is 13.2 Å². The second-order valence-corrected chi connectivity index (χ2v) is 3.91. The highest BCUT2D eigenvalue weighted by atomic mass is 32.2. The molecule has 0 aliphatic carbocycles. The van der Waals surface area contributed by atoms with E-state index in [0.717, 1.165) is 0 Å². The van der Waals surface area contributed by atoms with E-state index >= 15 is 0 Å². The van der Waals surface area contributed by atoms with Crippen molar-refractivity contribution in [2.75, 3.05) is 12.4 Å². The van der Waals surface area contributed by atoms with Gasteiger partial charge in [-0.25, -0.2) is 0 Å². The minimum Gasteiger partial charge on any atom is -0.466 e. The molecule has 0 saturated heterocycles. The molecular formula is C6H12O5S. The van der Waals surface area contributed by atoms with Crippen molar-refractivity contribution in [3.63, 3.8) is 0 Å². The van der Waals surface area contributed by atoms with Crippen LogP contribution in [0.5, 0.6) is 0 Å². The monoisotopic (exact) mass is 196 g/mol. The fourth-order valence-corrected chi connectivity index (χ4v) is 1.17. The minimum absolute atomic E-state index is 0.199. The second kappa shape index (κ2) is 5.10. The molecule has 0 fully saturated rings. The first-order chi connectivity index (χ1) is 5.42. The molecule has 0 aliphatic heterocycles.